The molecule has 0 bridgehead atoms. The van der Waals surface area contributed by atoms with Crippen molar-refractivity contribution in [2.24, 2.45) is 5.92 Å². The minimum absolute atomic E-state index is 0.332. The standard InChI is InChI=1S/C18H26N4O2S/c23-13-14-3-1-7-22(11-14)15-5-8-21(9-6-15)12-17-19-18(20-24-17)16-4-2-10-25-16/h2,4,10,14-15,23H,1,3,5-9,11-13H2/t14-/m0/s1. The molecule has 2 aliphatic heterocycles. The number of rotatable bonds is 5. The average Bonchev–Trinajstić information content (AvgIpc) is 3.34. The van der Waals surface area contributed by atoms with Gasteiger partial charge in [-0.1, -0.05) is 11.2 Å². The zero-order chi connectivity index (χ0) is 17.1. The summed E-state index contributed by atoms with van der Waals surface area (Å²) in [5.74, 6) is 1.88. The Morgan fingerprint density at radius 2 is 2.12 bits per heavy atom. The molecular weight excluding hydrogens is 336 g/mol. The highest BCUT2D eigenvalue weighted by Gasteiger charge is 2.29. The van der Waals surface area contributed by atoms with Crippen LogP contribution in [0.15, 0.2) is 22.0 Å². The van der Waals surface area contributed by atoms with Gasteiger partial charge in [0, 0.05) is 32.3 Å². The molecule has 136 valence electrons. The highest BCUT2D eigenvalue weighted by molar-refractivity contribution is 7.13. The second-order valence-electron chi connectivity index (χ2n) is 7.18. The molecule has 0 aliphatic carbocycles. The van der Waals surface area contributed by atoms with Crippen LogP contribution in [0.3, 0.4) is 0 Å². The lowest BCUT2D eigenvalue weighted by molar-refractivity contribution is 0.0503. The van der Waals surface area contributed by atoms with Crippen molar-refractivity contribution in [3.05, 3.63) is 23.4 Å². The Hall–Kier alpha value is -1.28. The van der Waals surface area contributed by atoms with Gasteiger partial charge in [0.15, 0.2) is 0 Å². The summed E-state index contributed by atoms with van der Waals surface area (Å²) >= 11 is 1.63. The lowest BCUT2D eigenvalue weighted by Crippen LogP contribution is -2.48. The van der Waals surface area contributed by atoms with Crippen molar-refractivity contribution in [1.82, 2.24) is 19.9 Å². The molecule has 0 amide bonds. The van der Waals surface area contributed by atoms with Gasteiger partial charge in [-0.15, -0.1) is 11.3 Å². The molecular formula is C18H26N4O2S. The first-order chi connectivity index (χ1) is 12.3. The Labute approximate surface area is 152 Å². The largest absolute Gasteiger partial charge is 0.396 e. The van der Waals surface area contributed by atoms with E-state index in [2.05, 4.69) is 19.9 Å². The number of aliphatic hydroxyl groups is 1. The van der Waals surface area contributed by atoms with Crippen LogP contribution in [0.4, 0.5) is 0 Å². The Morgan fingerprint density at radius 1 is 1.24 bits per heavy atom. The van der Waals surface area contributed by atoms with Gasteiger partial charge in [0.05, 0.1) is 11.4 Å². The van der Waals surface area contributed by atoms with Crippen molar-refractivity contribution >= 4 is 11.3 Å². The van der Waals surface area contributed by atoms with Crippen LogP contribution in [0.2, 0.25) is 0 Å². The first-order valence-corrected chi connectivity index (χ1v) is 10.1. The number of aliphatic hydroxyl groups excluding tert-OH is 1. The van der Waals surface area contributed by atoms with Gasteiger partial charge in [-0.2, -0.15) is 4.98 Å². The summed E-state index contributed by atoms with van der Waals surface area (Å²) in [6.07, 6.45) is 4.77. The van der Waals surface area contributed by atoms with E-state index in [9.17, 15) is 5.11 Å². The summed E-state index contributed by atoms with van der Waals surface area (Å²) < 4.78 is 5.43. The highest BCUT2D eigenvalue weighted by Crippen LogP contribution is 2.25. The van der Waals surface area contributed by atoms with Gasteiger partial charge < -0.3 is 9.63 Å². The summed E-state index contributed by atoms with van der Waals surface area (Å²) in [7, 11) is 0. The molecule has 2 aromatic rings. The van der Waals surface area contributed by atoms with Crippen molar-refractivity contribution in [1.29, 1.82) is 0 Å². The number of hydrogen-bond donors (Lipinski definition) is 1. The molecule has 0 spiro atoms. The van der Waals surface area contributed by atoms with E-state index in [0.717, 1.165) is 31.1 Å². The van der Waals surface area contributed by atoms with E-state index < -0.39 is 0 Å². The van der Waals surface area contributed by atoms with E-state index >= 15 is 0 Å². The van der Waals surface area contributed by atoms with E-state index in [4.69, 9.17) is 4.52 Å². The zero-order valence-electron chi connectivity index (χ0n) is 14.5. The second-order valence-corrected chi connectivity index (χ2v) is 8.13. The molecule has 7 heteroatoms. The lowest BCUT2D eigenvalue weighted by atomic mass is 9.94. The molecule has 4 heterocycles. The molecule has 2 saturated heterocycles. The van der Waals surface area contributed by atoms with Crippen LogP contribution in [-0.4, -0.2) is 63.9 Å². The Morgan fingerprint density at radius 3 is 2.88 bits per heavy atom. The number of thiophene rings is 1. The topological polar surface area (TPSA) is 65.6 Å². The Kier molecular flexibility index (Phi) is 5.45. The average molecular weight is 362 g/mol. The van der Waals surface area contributed by atoms with Crippen molar-refractivity contribution in [3.8, 4) is 10.7 Å². The van der Waals surface area contributed by atoms with Gasteiger partial charge in [0.25, 0.3) is 0 Å². The fourth-order valence-electron chi connectivity index (χ4n) is 4.04. The maximum atomic E-state index is 9.43. The van der Waals surface area contributed by atoms with Gasteiger partial charge in [0.1, 0.15) is 0 Å². The highest BCUT2D eigenvalue weighted by atomic mass is 32.1. The first kappa shape index (κ1) is 17.1. The molecule has 0 saturated carbocycles. The predicted octanol–water partition coefficient (Wildman–Crippen LogP) is 2.47. The van der Waals surface area contributed by atoms with E-state index in [1.54, 1.807) is 11.3 Å². The zero-order valence-corrected chi connectivity index (χ0v) is 15.3. The molecule has 2 fully saturated rings. The molecule has 0 aromatic carbocycles. The van der Waals surface area contributed by atoms with Crippen molar-refractivity contribution in [2.45, 2.75) is 38.3 Å². The van der Waals surface area contributed by atoms with Crippen LogP contribution < -0.4 is 0 Å². The summed E-state index contributed by atoms with van der Waals surface area (Å²) in [5, 5.41) is 15.5. The molecule has 1 atom stereocenters. The second kappa shape index (κ2) is 7.95. The minimum atomic E-state index is 0.332. The molecule has 25 heavy (non-hydrogen) atoms. The van der Waals surface area contributed by atoms with E-state index in [-0.39, 0.29) is 0 Å². The smallest absolute Gasteiger partial charge is 0.241 e. The molecule has 2 aliphatic rings. The van der Waals surface area contributed by atoms with Gasteiger partial charge in [-0.05, 0) is 49.6 Å². The molecule has 1 N–H and O–H groups in total. The predicted molar refractivity (Wildman–Crippen MR) is 97.3 cm³/mol. The molecule has 0 radical (unpaired) electrons. The van der Waals surface area contributed by atoms with Crippen LogP contribution in [-0.2, 0) is 6.54 Å². The summed E-state index contributed by atoms with van der Waals surface area (Å²) in [5.41, 5.74) is 0. The molecule has 2 aromatic heterocycles. The Balaban J connectivity index is 1.28. The first-order valence-electron chi connectivity index (χ1n) is 9.25. The van der Waals surface area contributed by atoms with Crippen molar-refractivity contribution in [2.75, 3.05) is 32.8 Å². The van der Waals surface area contributed by atoms with E-state index in [1.807, 2.05) is 17.5 Å². The minimum Gasteiger partial charge on any atom is -0.396 e. The van der Waals surface area contributed by atoms with E-state index in [1.165, 1.54) is 32.2 Å². The molecule has 4 rings (SSSR count). The third-order valence-electron chi connectivity index (χ3n) is 5.45. The Bertz CT molecular complexity index is 652. The van der Waals surface area contributed by atoms with Crippen LogP contribution >= 0.6 is 11.3 Å². The quantitative estimate of drug-likeness (QED) is 0.881. The third-order valence-corrected chi connectivity index (χ3v) is 6.32. The van der Waals surface area contributed by atoms with Gasteiger partial charge in [-0.3, -0.25) is 9.80 Å². The number of nitrogens with zero attached hydrogens (tertiary/aromatic N) is 4. The monoisotopic (exact) mass is 362 g/mol. The molecule has 6 nitrogen and oxygen atoms in total. The fraction of sp³-hybridized carbons (Fsp3) is 0.667. The third kappa shape index (κ3) is 4.11. The van der Waals surface area contributed by atoms with Crippen LogP contribution in [0.5, 0.6) is 0 Å². The number of piperidine rings is 2. The fourth-order valence-corrected chi connectivity index (χ4v) is 4.69. The number of likely N-dealkylation sites (tertiary alicyclic amines) is 2. The summed E-state index contributed by atoms with van der Waals surface area (Å²) in [6.45, 7) is 5.47. The summed E-state index contributed by atoms with van der Waals surface area (Å²) in [4.78, 5) is 10.6. The van der Waals surface area contributed by atoms with Gasteiger partial charge in [0.2, 0.25) is 11.7 Å². The van der Waals surface area contributed by atoms with Crippen molar-refractivity contribution < 1.29 is 9.63 Å². The van der Waals surface area contributed by atoms with Crippen LogP contribution in [0.25, 0.3) is 10.7 Å². The van der Waals surface area contributed by atoms with Crippen LogP contribution in [0, 0.1) is 5.92 Å². The normalized spacial score (nSPS) is 24.0. The number of hydrogen-bond acceptors (Lipinski definition) is 7. The maximum absolute atomic E-state index is 9.43. The van der Waals surface area contributed by atoms with Crippen molar-refractivity contribution in [3.63, 3.8) is 0 Å². The summed E-state index contributed by atoms with van der Waals surface area (Å²) in [6, 6.07) is 4.68. The maximum Gasteiger partial charge on any atom is 0.241 e. The van der Waals surface area contributed by atoms with Gasteiger partial charge in [-0.25, -0.2) is 0 Å². The lowest BCUT2D eigenvalue weighted by Gasteiger charge is -2.41. The molecule has 0 unspecified atom stereocenters. The SMILES string of the molecule is OC[C@H]1CCCN(C2CCN(Cc3nc(-c4cccs4)no3)CC2)C1. The number of aromatic nitrogens is 2. The van der Waals surface area contributed by atoms with Gasteiger partial charge >= 0.3 is 0 Å². The van der Waals surface area contributed by atoms with Crippen LogP contribution in [0.1, 0.15) is 31.6 Å². The van der Waals surface area contributed by atoms with E-state index in [0.29, 0.717) is 30.3 Å².